The first-order chi connectivity index (χ1) is 9.52. The third-order valence-electron chi connectivity index (χ3n) is 3.01. The predicted octanol–water partition coefficient (Wildman–Crippen LogP) is 5.04. The summed E-state index contributed by atoms with van der Waals surface area (Å²) < 4.78 is 6.00. The molecular formula is C15H13BrCl2O2. The molecule has 0 amide bonds. The van der Waals surface area contributed by atoms with Gasteiger partial charge in [0.1, 0.15) is 5.75 Å². The van der Waals surface area contributed by atoms with Crippen molar-refractivity contribution in [3.05, 3.63) is 62.0 Å². The van der Waals surface area contributed by atoms with Gasteiger partial charge in [0.25, 0.3) is 0 Å². The van der Waals surface area contributed by atoms with Crippen LogP contribution in [0, 0.1) is 0 Å². The van der Waals surface area contributed by atoms with Crippen molar-refractivity contribution >= 4 is 39.1 Å². The predicted molar refractivity (Wildman–Crippen MR) is 85.8 cm³/mol. The summed E-state index contributed by atoms with van der Waals surface area (Å²) in [7, 11) is 1.59. The van der Waals surface area contributed by atoms with Gasteiger partial charge in [0.15, 0.2) is 0 Å². The maximum absolute atomic E-state index is 10.4. The molecule has 0 saturated carbocycles. The molecular weight excluding hydrogens is 363 g/mol. The Balaban J connectivity index is 2.28. The van der Waals surface area contributed by atoms with Crippen LogP contribution < -0.4 is 4.74 Å². The zero-order valence-corrected chi connectivity index (χ0v) is 13.8. The lowest BCUT2D eigenvalue weighted by Crippen LogP contribution is -2.04. The molecule has 2 aromatic carbocycles. The Morgan fingerprint density at radius 3 is 2.70 bits per heavy atom. The summed E-state index contributed by atoms with van der Waals surface area (Å²) in [5.74, 6) is 0.694. The Bertz CT molecular complexity index is 617. The lowest BCUT2D eigenvalue weighted by atomic mass is 10.0. The van der Waals surface area contributed by atoms with Crippen LogP contribution in [0.1, 0.15) is 17.2 Å². The van der Waals surface area contributed by atoms with Crippen molar-refractivity contribution < 1.29 is 9.84 Å². The first-order valence-electron chi connectivity index (χ1n) is 5.97. The maximum atomic E-state index is 10.4. The van der Waals surface area contributed by atoms with E-state index in [4.69, 9.17) is 27.9 Å². The van der Waals surface area contributed by atoms with Gasteiger partial charge >= 0.3 is 0 Å². The lowest BCUT2D eigenvalue weighted by Gasteiger charge is -2.15. The number of ether oxygens (including phenoxy) is 1. The van der Waals surface area contributed by atoms with Crippen molar-refractivity contribution in [1.82, 2.24) is 0 Å². The van der Waals surface area contributed by atoms with Gasteiger partial charge in [-0.15, -0.1) is 0 Å². The van der Waals surface area contributed by atoms with Crippen LogP contribution in [-0.2, 0) is 6.42 Å². The number of aliphatic hydroxyl groups is 1. The van der Waals surface area contributed by atoms with Crippen LogP contribution in [0.3, 0.4) is 0 Å². The topological polar surface area (TPSA) is 29.5 Å². The fraction of sp³-hybridized carbons (Fsp3) is 0.200. The number of rotatable bonds is 4. The summed E-state index contributed by atoms with van der Waals surface area (Å²) in [6, 6.07) is 10.9. The number of methoxy groups -OCH3 is 1. The number of aliphatic hydroxyl groups excluding tert-OH is 1. The molecule has 0 aliphatic heterocycles. The smallest absolute Gasteiger partial charge is 0.119 e. The summed E-state index contributed by atoms with van der Waals surface area (Å²) in [6.45, 7) is 0. The largest absolute Gasteiger partial charge is 0.497 e. The molecule has 106 valence electrons. The average molecular weight is 376 g/mol. The molecule has 0 aromatic heterocycles. The van der Waals surface area contributed by atoms with E-state index >= 15 is 0 Å². The molecule has 2 aromatic rings. The summed E-state index contributed by atoms with van der Waals surface area (Å²) in [6.07, 6.45) is -0.319. The van der Waals surface area contributed by atoms with Crippen molar-refractivity contribution in [3.63, 3.8) is 0 Å². The molecule has 2 nitrogen and oxygen atoms in total. The summed E-state index contributed by atoms with van der Waals surface area (Å²) in [5, 5.41) is 11.4. The molecule has 5 heteroatoms. The lowest BCUT2D eigenvalue weighted by molar-refractivity contribution is 0.177. The van der Waals surface area contributed by atoms with Gasteiger partial charge in [0.2, 0.25) is 0 Å². The highest BCUT2D eigenvalue weighted by Gasteiger charge is 2.15. The normalized spacial score (nSPS) is 12.2. The Morgan fingerprint density at radius 2 is 2.00 bits per heavy atom. The molecule has 0 heterocycles. The number of hydrogen-bond acceptors (Lipinski definition) is 2. The molecule has 0 bridgehead atoms. The van der Waals surface area contributed by atoms with Crippen molar-refractivity contribution in [2.75, 3.05) is 7.11 Å². The Labute approximate surface area is 136 Å². The second-order valence-electron chi connectivity index (χ2n) is 4.32. The first kappa shape index (κ1) is 15.6. The van der Waals surface area contributed by atoms with E-state index in [0.29, 0.717) is 22.2 Å². The van der Waals surface area contributed by atoms with E-state index in [-0.39, 0.29) is 0 Å². The number of benzene rings is 2. The van der Waals surface area contributed by atoms with Gasteiger partial charge in [-0.05, 0) is 35.4 Å². The number of hydrogen-bond donors (Lipinski definition) is 1. The molecule has 0 saturated heterocycles. The summed E-state index contributed by atoms with van der Waals surface area (Å²) in [5.41, 5.74) is 1.56. The van der Waals surface area contributed by atoms with E-state index in [0.717, 1.165) is 15.6 Å². The fourth-order valence-corrected chi connectivity index (χ4v) is 2.84. The molecule has 1 atom stereocenters. The molecule has 0 fully saturated rings. The Kier molecular flexibility index (Phi) is 5.33. The maximum Gasteiger partial charge on any atom is 0.119 e. The van der Waals surface area contributed by atoms with Crippen molar-refractivity contribution in [1.29, 1.82) is 0 Å². The van der Waals surface area contributed by atoms with Gasteiger partial charge in [-0.1, -0.05) is 51.3 Å². The third kappa shape index (κ3) is 3.47. The minimum absolute atomic E-state index is 0.380. The van der Waals surface area contributed by atoms with E-state index in [1.165, 1.54) is 0 Å². The molecule has 1 unspecified atom stereocenters. The van der Waals surface area contributed by atoms with Crippen LogP contribution in [0.25, 0.3) is 0 Å². The van der Waals surface area contributed by atoms with Gasteiger partial charge in [-0.3, -0.25) is 0 Å². The van der Waals surface area contributed by atoms with E-state index in [2.05, 4.69) is 15.9 Å². The zero-order valence-electron chi connectivity index (χ0n) is 10.7. The van der Waals surface area contributed by atoms with Gasteiger partial charge in [0, 0.05) is 10.9 Å². The third-order valence-corrected chi connectivity index (χ3v) is 4.59. The van der Waals surface area contributed by atoms with E-state index in [1.54, 1.807) is 19.2 Å². The first-order valence-corrected chi connectivity index (χ1v) is 7.52. The highest BCUT2D eigenvalue weighted by Crippen LogP contribution is 2.33. The molecule has 0 aliphatic rings. The Morgan fingerprint density at radius 1 is 1.25 bits per heavy atom. The molecule has 20 heavy (non-hydrogen) atoms. The van der Waals surface area contributed by atoms with Crippen LogP contribution >= 0.6 is 39.1 Å². The van der Waals surface area contributed by atoms with Crippen LogP contribution in [0.15, 0.2) is 40.9 Å². The van der Waals surface area contributed by atoms with E-state index in [9.17, 15) is 5.11 Å². The number of halogens is 3. The van der Waals surface area contributed by atoms with Crippen LogP contribution in [0.2, 0.25) is 10.0 Å². The van der Waals surface area contributed by atoms with Crippen LogP contribution in [0.5, 0.6) is 5.75 Å². The molecule has 0 aliphatic carbocycles. The second-order valence-corrected chi connectivity index (χ2v) is 5.96. The highest BCUT2D eigenvalue weighted by molar-refractivity contribution is 9.10. The molecule has 0 spiro atoms. The monoisotopic (exact) mass is 374 g/mol. The highest BCUT2D eigenvalue weighted by atomic mass is 79.9. The fourth-order valence-electron chi connectivity index (χ4n) is 1.93. The standard InChI is InChI=1S/C15H13BrCl2O2/c1-20-10-5-6-12(16)11(8-10)14(19)7-9-3-2-4-13(17)15(9)18/h2-6,8,14,19H,7H2,1H3. The van der Waals surface area contributed by atoms with Gasteiger partial charge < -0.3 is 9.84 Å². The summed E-state index contributed by atoms with van der Waals surface area (Å²) in [4.78, 5) is 0. The zero-order chi connectivity index (χ0) is 14.7. The van der Waals surface area contributed by atoms with Crippen molar-refractivity contribution in [2.24, 2.45) is 0 Å². The second kappa shape index (κ2) is 6.81. The quantitative estimate of drug-likeness (QED) is 0.810. The SMILES string of the molecule is COc1ccc(Br)c(C(O)Cc2cccc(Cl)c2Cl)c1. The van der Waals surface area contributed by atoms with Gasteiger partial charge in [0.05, 0.1) is 23.3 Å². The minimum atomic E-state index is -0.699. The van der Waals surface area contributed by atoms with Gasteiger partial charge in [-0.2, -0.15) is 0 Å². The van der Waals surface area contributed by atoms with Gasteiger partial charge in [-0.25, -0.2) is 0 Å². The Hall–Kier alpha value is -0.740. The molecule has 0 radical (unpaired) electrons. The van der Waals surface area contributed by atoms with E-state index in [1.807, 2.05) is 24.3 Å². The summed E-state index contributed by atoms with van der Waals surface area (Å²) >= 11 is 15.6. The minimum Gasteiger partial charge on any atom is -0.497 e. The molecule has 1 N–H and O–H groups in total. The van der Waals surface area contributed by atoms with E-state index < -0.39 is 6.10 Å². The molecule has 2 rings (SSSR count). The average Bonchev–Trinajstić information content (AvgIpc) is 2.44. The van der Waals surface area contributed by atoms with Crippen molar-refractivity contribution in [2.45, 2.75) is 12.5 Å². The van der Waals surface area contributed by atoms with Crippen LogP contribution in [-0.4, -0.2) is 12.2 Å². The van der Waals surface area contributed by atoms with Crippen molar-refractivity contribution in [3.8, 4) is 5.75 Å². The van der Waals surface area contributed by atoms with Crippen LogP contribution in [0.4, 0.5) is 0 Å².